The van der Waals surface area contributed by atoms with Gasteiger partial charge in [0.2, 0.25) is 0 Å². The predicted molar refractivity (Wildman–Crippen MR) is 90.7 cm³/mol. The highest BCUT2D eigenvalue weighted by molar-refractivity contribution is 7.87. The summed E-state index contributed by atoms with van der Waals surface area (Å²) in [5.41, 5.74) is -2.29. The highest BCUT2D eigenvalue weighted by Crippen LogP contribution is 2.42. The number of carbonyl (C=O) groups excluding carboxylic acids is 1. The molecule has 19 heteroatoms. The lowest BCUT2D eigenvalue weighted by Crippen LogP contribution is -2.61. The lowest BCUT2D eigenvalue weighted by molar-refractivity contribution is -0.386. The number of ether oxygens (including phenoxy) is 2. The molecule has 0 aromatic carbocycles. The Balaban J connectivity index is 5.68. The molecule has 0 aliphatic heterocycles. The van der Waals surface area contributed by atoms with Crippen molar-refractivity contribution in [2.75, 3.05) is 6.61 Å². The normalized spacial score (nSPS) is 16.5. The number of hydrogen-bond donors (Lipinski definition) is 3. The van der Waals surface area contributed by atoms with Crippen LogP contribution >= 0.6 is 0 Å². The zero-order valence-electron chi connectivity index (χ0n) is 16.5. The molecule has 0 aromatic rings. The number of aliphatic hydroxyl groups excluding tert-OH is 1. The molecule has 1 amide bonds. The summed E-state index contributed by atoms with van der Waals surface area (Å²) < 4.78 is 168. The maximum Gasteiger partial charge on any atom is 0.453 e. The number of nitrogens with one attached hydrogen (secondary N) is 1. The molecule has 0 aromatic heterocycles. The third kappa shape index (κ3) is 7.27. The van der Waals surface area contributed by atoms with E-state index in [1.807, 2.05) is 0 Å². The second kappa shape index (κ2) is 10.8. The number of rotatable bonds is 13. The second-order valence-electron chi connectivity index (χ2n) is 6.29. The largest absolute Gasteiger partial charge is 0.453 e. The van der Waals surface area contributed by atoms with Crippen LogP contribution in [0.4, 0.5) is 43.9 Å². The second-order valence-corrected chi connectivity index (χ2v) is 7.75. The van der Waals surface area contributed by atoms with Crippen molar-refractivity contribution in [2.45, 2.75) is 54.9 Å². The van der Waals surface area contributed by atoms with Gasteiger partial charge in [0, 0.05) is 6.42 Å². The van der Waals surface area contributed by atoms with Crippen molar-refractivity contribution in [3.63, 3.8) is 0 Å². The summed E-state index contributed by atoms with van der Waals surface area (Å²) in [6, 6.07) is 0. The highest BCUT2D eigenvalue weighted by atomic mass is 32.2. The van der Waals surface area contributed by atoms with Crippen LogP contribution < -0.4 is 5.32 Å². The lowest BCUT2D eigenvalue weighted by atomic mass is 10.1. The molecule has 0 aliphatic rings. The van der Waals surface area contributed by atoms with Gasteiger partial charge in [-0.05, 0) is 19.0 Å². The average molecular weight is 545 g/mol. The fraction of sp³-hybridized carbons (Fsp3) is 0.667. The standard InChI is InChI=1S/C15H17F10NO7S/c1-3-26-10(28)12(14(21,22)23,33-9(27)8(2)13(18,19)20)32-7-5-4-6-11(16,17)15(24,25)34(29,30)31/h3,9,27H,1-2,4-7H2,(H,26,28)(H,29,30,31). The summed E-state index contributed by atoms with van der Waals surface area (Å²) in [5, 5.41) is 4.70. The van der Waals surface area contributed by atoms with Crippen molar-refractivity contribution in [1.82, 2.24) is 5.32 Å². The molecule has 0 spiro atoms. The minimum atomic E-state index is -6.57. The molecule has 0 aliphatic carbocycles. The smallest absolute Gasteiger partial charge is 0.364 e. The molecule has 3 N–H and O–H groups in total. The van der Waals surface area contributed by atoms with Gasteiger partial charge in [0.25, 0.3) is 5.91 Å². The summed E-state index contributed by atoms with van der Waals surface area (Å²) in [4.78, 5) is 11.9. The average Bonchev–Trinajstić information content (AvgIpc) is 2.63. The van der Waals surface area contributed by atoms with E-state index in [-0.39, 0.29) is 0 Å². The van der Waals surface area contributed by atoms with E-state index >= 15 is 0 Å². The first-order valence-corrected chi connectivity index (χ1v) is 9.89. The molecule has 34 heavy (non-hydrogen) atoms. The number of halogens is 10. The molecule has 2 unspecified atom stereocenters. The number of alkyl halides is 10. The van der Waals surface area contributed by atoms with Crippen LogP contribution in [0.1, 0.15) is 19.3 Å². The van der Waals surface area contributed by atoms with E-state index in [9.17, 15) is 62.2 Å². The third-order valence-electron chi connectivity index (χ3n) is 3.79. The first-order chi connectivity index (χ1) is 15.0. The van der Waals surface area contributed by atoms with Gasteiger partial charge in [0.05, 0.1) is 12.2 Å². The van der Waals surface area contributed by atoms with E-state index in [1.165, 1.54) is 5.32 Å². The molecule has 0 saturated carbocycles. The lowest BCUT2D eigenvalue weighted by Gasteiger charge is -2.35. The quantitative estimate of drug-likeness (QED) is 0.107. The minimum absolute atomic E-state index is 0.318. The molecule has 0 rings (SSSR count). The fourth-order valence-corrected chi connectivity index (χ4v) is 2.47. The van der Waals surface area contributed by atoms with Crippen LogP contribution in [0.3, 0.4) is 0 Å². The SMILES string of the molecule is C=CNC(=O)C(OCCCCC(F)(F)C(F)(F)S(=O)(=O)O)(OC(O)C(=C)C(F)(F)F)C(F)(F)F. The van der Waals surface area contributed by atoms with Crippen molar-refractivity contribution in [1.29, 1.82) is 0 Å². The van der Waals surface area contributed by atoms with Crippen LogP contribution in [-0.4, -0.2) is 66.2 Å². The first-order valence-electron chi connectivity index (χ1n) is 8.45. The zero-order chi connectivity index (χ0) is 27.4. The number of aliphatic hydroxyl groups is 1. The van der Waals surface area contributed by atoms with Gasteiger partial charge in [0.15, 0.2) is 6.29 Å². The van der Waals surface area contributed by atoms with E-state index < -0.39 is 83.1 Å². The van der Waals surface area contributed by atoms with E-state index in [2.05, 4.69) is 22.6 Å². The summed E-state index contributed by atoms with van der Waals surface area (Å²) in [6.45, 7) is 3.64. The van der Waals surface area contributed by atoms with Gasteiger partial charge >= 0.3 is 39.4 Å². The van der Waals surface area contributed by atoms with Crippen molar-refractivity contribution in [2.24, 2.45) is 0 Å². The summed E-state index contributed by atoms with van der Waals surface area (Å²) in [5.74, 6) is -12.4. The Morgan fingerprint density at radius 2 is 1.53 bits per heavy atom. The molecule has 2 atom stereocenters. The molecule has 200 valence electrons. The minimum Gasteiger partial charge on any atom is -0.364 e. The molecule has 8 nitrogen and oxygen atoms in total. The van der Waals surface area contributed by atoms with Gasteiger partial charge in [-0.25, -0.2) is 0 Å². The Labute approximate surface area is 184 Å². The topological polar surface area (TPSA) is 122 Å². The van der Waals surface area contributed by atoms with E-state index in [1.54, 1.807) is 0 Å². The Morgan fingerprint density at radius 3 is 1.91 bits per heavy atom. The van der Waals surface area contributed by atoms with Crippen LogP contribution in [0.2, 0.25) is 0 Å². The Hall–Kier alpha value is -1.96. The molecular weight excluding hydrogens is 528 g/mol. The van der Waals surface area contributed by atoms with Gasteiger partial charge in [0.1, 0.15) is 0 Å². The highest BCUT2D eigenvalue weighted by Gasteiger charge is 2.66. The van der Waals surface area contributed by atoms with Gasteiger partial charge in [-0.3, -0.25) is 9.35 Å². The fourth-order valence-electron chi connectivity index (χ4n) is 1.99. The molecular formula is C15H17F10NO7S. The molecule has 0 saturated heterocycles. The van der Waals surface area contributed by atoms with Gasteiger partial charge in [-0.1, -0.05) is 13.2 Å². The van der Waals surface area contributed by atoms with Crippen LogP contribution in [0.25, 0.3) is 0 Å². The Kier molecular flexibility index (Phi) is 10.1. The molecule has 0 fully saturated rings. The van der Waals surface area contributed by atoms with Crippen LogP contribution in [0, 0.1) is 0 Å². The van der Waals surface area contributed by atoms with Crippen LogP contribution in [0.5, 0.6) is 0 Å². The van der Waals surface area contributed by atoms with Gasteiger partial charge < -0.3 is 19.9 Å². The molecule has 0 heterocycles. The molecule has 0 bridgehead atoms. The van der Waals surface area contributed by atoms with Crippen LogP contribution in [0.15, 0.2) is 24.9 Å². The van der Waals surface area contributed by atoms with E-state index in [0.29, 0.717) is 6.20 Å². The summed E-state index contributed by atoms with van der Waals surface area (Å²) >= 11 is 0. The monoisotopic (exact) mass is 545 g/mol. The van der Waals surface area contributed by atoms with Gasteiger partial charge in [-0.15, -0.1) is 0 Å². The first kappa shape index (κ1) is 32.0. The van der Waals surface area contributed by atoms with Crippen molar-refractivity contribution in [3.8, 4) is 0 Å². The number of unbranched alkanes of at least 4 members (excludes halogenated alkanes) is 1. The van der Waals surface area contributed by atoms with E-state index in [4.69, 9.17) is 4.55 Å². The van der Waals surface area contributed by atoms with Crippen LogP contribution in [-0.2, 0) is 24.4 Å². The molecule has 0 radical (unpaired) electrons. The maximum absolute atomic E-state index is 13.6. The summed E-state index contributed by atoms with van der Waals surface area (Å²) in [7, 11) is -6.57. The Morgan fingerprint density at radius 1 is 1.03 bits per heavy atom. The Bertz CT molecular complexity index is 857. The third-order valence-corrected chi connectivity index (χ3v) is 4.73. The van der Waals surface area contributed by atoms with E-state index in [0.717, 1.165) is 0 Å². The van der Waals surface area contributed by atoms with Crippen molar-refractivity contribution >= 4 is 16.0 Å². The number of amides is 1. The number of carbonyl (C=O) groups is 1. The predicted octanol–water partition coefficient (Wildman–Crippen LogP) is 3.26. The number of hydrogen-bond acceptors (Lipinski definition) is 6. The zero-order valence-corrected chi connectivity index (χ0v) is 17.3. The van der Waals surface area contributed by atoms with Crippen molar-refractivity contribution < 1.29 is 76.2 Å². The van der Waals surface area contributed by atoms with Crippen molar-refractivity contribution in [3.05, 3.63) is 24.9 Å². The van der Waals surface area contributed by atoms with Gasteiger partial charge in [-0.2, -0.15) is 52.3 Å². The summed E-state index contributed by atoms with van der Waals surface area (Å²) in [6.07, 6.45) is -19.0. The maximum atomic E-state index is 13.6.